The number of carbonyl (C=O) groups excluding carboxylic acids is 1. The normalized spacial score (nSPS) is 10.7. The number of rotatable bonds is 9. The zero-order chi connectivity index (χ0) is 19.8. The van der Waals surface area contributed by atoms with Crippen LogP contribution in [0.5, 0.6) is 11.5 Å². The maximum atomic E-state index is 12.3. The van der Waals surface area contributed by atoms with Crippen LogP contribution in [0.15, 0.2) is 41.3 Å². The smallest absolute Gasteiger partial charge is 0.387 e. The molecular formula is C20H23F2NO3S. The summed E-state index contributed by atoms with van der Waals surface area (Å²) < 4.78 is 34.1. The fourth-order valence-corrected chi connectivity index (χ4v) is 3.32. The van der Waals surface area contributed by atoms with Gasteiger partial charge in [0.05, 0.1) is 7.11 Å². The zero-order valence-corrected chi connectivity index (χ0v) is 16.4. The molecule has 0 aliphatic rings. The molecule has 0 spiro atoms. The molecule has 1 amide bonds. The van der Waals surface area contributed by atoms with Crippen molar-refractivity contribution in [1.29, 1.82) is 0 Å². The third-order valence-corrected chi connectivity index (χ3v) is 5.01. The van der Waals surface area contributed by atoms with E-state index in [0.717, 1.165) is 10.5 Å². The Balaban J connectivity index is 1.80. The summed E-state index contributed by atoms with van der Waals surface area (Å²) >= 11 is 1.64. The van der Waals surface area contributed by atoms with Crippen LogP contribution in [0.1, 0.15) is 23.1 Å². The predicted molar refractivity (Wildman–Crippen MR) is 103 cm³/mol. The second-order valence-corrected chi connectivity index (χ2v) is 7.15. The molecule has 27 heavy (non-hydrogen) atoms. The van der Waals surface area contributed by atoms with Gasteiger partial charge in [-0.15, -0.1) is 11.8 Å². The Morgan fingerprint density at radius 2 is 1.89 bits per heavy atom. The van der Waals surface area contributed by atoms with Crippen LogP contribution in [0.4, 0.5) is 8.78 Å². The van der Waals surface area contributed by atoms with E-state index >= 15 is 0 Å². The molecule has 1 N–H and O–H groups in total. The van der Waals surface area contributed by atoms with Crippen molar-refractivity contribution in [3.05, 3.63) is 53.1 Å². The number of halogens is 2. The minimum Gasteiger partial charge on any atom is -0.493 e. The number of alkyl halides is 2. The van der Waals surface area contributed by atoms with Crippen molar-refractivity contribution in [2.45, 2.75) is 38.3 Å². The summed E-state index contributed by atoms with van der Waals surface area (Å²) in [4.78, 5) is 13.2. The minimum absolute atomic E-state index is 0.0348. The molecule has 0 fully saturated rings. The number of thioether (sulfide) groups is 1. The quantitative estimate of drug-likeness (QED) is 0.625. The predicted octanol–water partition coefficient (Wildman–Crippen LogP) is 4.71. The van der Waals surface area contributed by atoms with Gasteiger partial charge in [0.2, 0.25) is 5.91 Å². The van der Waals surface area contributed by atoms with Gasteiger partial charge >= 0.3 is 6.61 Å². The molecule has 0 aromatic heterocycles. The van der Waals surface area contributed by atoms with Crippen LogP contribution in [0, 0.1) is 13.8 Å². The van der Waals surface area contributed by atoms with E-state index in [-0.39, 0.29) is 17.4 Å². The van der Waals surface area contributed by atoms with Crippen LogP contribution in [0.25, 0.3) is 0 Å². The Bertz CT molecular complexity index is 784. The second-order valence-electron chi connectivity index (χ2n) is 5.98. The molecule has 7 heteroatoms. The van der Waals surface area contributed by atoms with Gasteiger partial charge in [-0.25, -0.2) is 0 Å². The molecule has 0 heterocycles. The topological polar surface area (TPSA) is 47.6 Å². The van der Waals surface area contributed by atoms with Crippen LogP contribution in [0.2, 0.25) is 0 Å². The van der Waals surface area contributed by atoms with Crippen LogP contribution in [-0.4, -0.2) is 25.4 Å². The van der Waals surface area contributed by atoms with Crippen molar-refractivity contribution in [2.75, 3.05) is 12.9 Å². The number of carbonyl (C=O) groups is 1. The summed E-state index contributed by atoms with van der Waals surface area (Å²) in [7, 11) is 1.38. The number of hydrogen-bond acceptors (Lipinski definition) is 4. The molecule has 0 saturated heterocycles. The van der Waals surface area contributed by atoms with Crippen molar-refractivity contribution in [3.63, 3.8) is 0 Å². The summed E-state index contributed by atoms with van der Waals surface area (Å²) in [6.45, 7) is 1.51. The summed E-state index contributed by atoms with van der Waals surface area (Å²) in [5, 5.41) is 2.82. The fraction of sp³-hybridized carbons (Fsp3) is 0.350. The lowest BCUT2D eigenvalue weighted by Gasteiger charge is -2.12. The van der Waals surface area contributed by atoms with Crippen LogP contribution < -0.4 is 14.8 Å². The number of ether oxygens (including phenoxy) is 2. The van der Waals surface area contributed by atoms with Crippen molar-refractivity contribution >= 4 is 17.7 Å². The van der Waals surface area contributed by atoms with Crippen molar-refractivity contribution in [1.82, 2.24) is 5.32 Å². The van der Waals surface area contributed by atoms with Crippen LogP contribution in [0.3, 0.4) is 0 Å². The molecular weight excluding hydrogens is 372 g/mol. The molecule has 0 aliphatic carbocycles. The minimum atomic E-state index is -2.92. The zero-order valence-electron chi connectivity index (χ0n) is 15.6. The molecule has 4 nitrogen and oxygen atoms in total. The van der Waals surface area contributed by atoms with Gasteiger partial charge in [0.1, 0.15) is 0 Å². The Morgan fingerprint density at radius 1 is 1.11 bits per heavy atom. The van der Waals surface area contributed by atoms with E-state index in [9.17, 15) is 13.6 Å². The molecule has 0 aliphatic heterocycles. The lowest BCUT2D eigenvalue weighted by atomic mass is 10.1. The highest BCUT2D eigenvalue weighted by Gasteiger charge is 2.11. The number of methoxy groups -OCH3 is 1. The van der Waals surface area contributed by atoms with Gasteiger partial charge in [0.25, 0.3) is 0 Å². The van der Waals surface area contributed by atoms with E-state index in [1.54, 1.807) is 23.9 Å². The molecule has 0 unspecified atom stereocenters. The number of aryl methyl sites for hydroxylation is 2. The van der Waals surface area contributed by atoms with Gasteiger partial charge in [-0.05, 0) is 54.8 Å². The third kappa shape index (κ3) is 6.75. The molecule has 2 rings (SSSR count). The summed E-state index contributed by atoms with van der Waals surface area (Å²) in [5.74, 6) is 0.775. The van der Waals surface area contributed by atoms with Crippen molar-refractivity contribution in [2.24, 2.45) is 0 Å². The van der Waals surface area contributed by atoms with Crippen LogP contribution in [-0.2, 0) is 11.3 Å². The highest BCUT2D eigenvalue weighted by Crippen LogP contribution is 2.29. The highest BCUT2D eigenvalue weighted by molar-refractivity contribution is 7.99. The van der Waals surface area contributed by atoms with Crippen molar-refractivity contribution < 1.29 is 23.0 Å². The first-order valence-corrected chi connectivity index (χ1v) is 9.46. The van der Waals surface area contributed by atoms with E-state index in [2.05, 4.69) is 42.1 Å². The lowest BCUT2D eigenvalue weighted by Crippen LogP contribution is -2.23. The van der Waals surface area contributed by atoms with E-state index in [1.165, 1.54) is 24.3 Å². The number of amides is 1. The monoisotopic (exact) mass is 395 g/mol. The Labute approximate surface area is 162 Å². The SMILES string of the molecule is COc1cc(CNC(=O)CCSc2ccc(C)c(C)c2)ccc1OC(F)F. The highest BCUT2D eigenvalue weighted by atomic mass is 32.2. The van der Waals surface area contributed by atoms with E-state index in [4.69, 9.17) is 4.74 Å². The molecule has 146 valence electrons. The average molecular weight is 395 g/mol. The molecule has 0 radical (unpaired) electrons. The van der Waals surface area contributed by atoms with Crippen LogP contribution >= 0.6 is 11.8 Å². The largest absolute Gasteiger partial charge is 0.493 e. The summed E-state index contributed by atoms with van der Waals surface area (Å²) in [6.07, 6.45) is 0.390. The van der Waals surface area contributed by atoms with E-state index < -0.39 is 6.61 Å². The van der Waals surface area contributed by atoms with Crippen molar-refractivity contribution in [3.8, 4) is 11.5 Å². The molecule has 0 atom stereocenters. The first kappa shape index (κ1) is 21.0. The number of hydrogen-bond donors (Lipinski definition) is 1. The third-order valence-electron chi connectivity index (χ3n) is 4.01. The Kier molecular flexibility index (Phi) is 7.91. The fourth-order valence-electron chi connectivity index (χ4n) is 2.37. The maximum absolute atomic E-state index is 12.3. The molecule has 0 bridgehead atoms. The first-order valence-electron chi connectivity index (χ1n) is 8.47. The maximum Gasteiger partial charge on any atom is 0.387 e. The van der Waals surface area contributed by atoms with Gasteiger partial charge in [-0.2, -0.15) is 8.78 Å². The Morgan fingerprint density at radius 3 is 2.56 bits per heavy atom. The van der Waals surface area contributed by atoms with E-state index in [0.29, 0.717) is 18.7 Å². The van der Waals surface area contributed by atoms with Gasteiger partial charge in [-0.1, -0.05) is 12.1 Å². The summed E-state index contributed by atoms with van der Waals surface area (Å²) in [5.41, 5.74) is 3.22. The van der Waals surface area contributed by atoms with Gasteiger partial charge in [0.15, 0.2) is 11.5 Å². The number of benzene rings is 2. The second kappa shape index (κ2) is 10.2. The lowest BCUT2D eigenvalue weighted by molar-refractivity contribution is -0.120. The standard InChI is InChI=1S/C20H23F2NO3S/c1-13-4-6-16(10-14(13)2)27-9-8-19(24)23-12-15-5-7-17(26-20(21)22)18(11-15)25-3/h4-7,10-11,20H,8-9,12H2,1-3H3,(H,23,24). The van der Waals surface area contributed by atoms with E-state index in [1.807, 2.05) is 0 Å². The first-order chi connectivity index (χ1) is 12.9. The summed E-state index contributed by atoms with van der Waals surface area (Å²) in [6, 6.07) is 10.8. The van der Waals surface area contributed by atoms with Gasteiger partial charge in [-0.3, -0.25) is 4.79 Å². The van der Waals surface area contributed by atoms with Gasteiger partial charge in [0, 0.05) is 23.6 Å². The van der Waals surface area contributed by atoms with Gasteiger partial charge < -0.3 is 14.8 Å². The molecule has 2 aromatic rings. The Hall–Kier alpha value is -2.28. The average Bonchev–Trinajstić information content (AvgIpc) is 2.63. The number of nitrogens with one attached hydrogen (secondary N) is 1. The molecule has 2 aromatic carbocycles. The molecule has 0 saturated carbocycles.